The van der Waals surface area contributed by atoms with E-state index in [0.29, 0.717) is 24.2 Å². The molecule has 4 rings (SSSR count). The summed E-state index contributed by atoms with van der Waals surface area (Å²) in [6.07, 6.45) is 5.92. The molecule has 0 spiro atoms. The van der Waals surface area contributed by atoms with Crippen molar-refractivity contribution < 1.29 is 19.1 Å². The molecule has 4 fully saturated rings. The molecule has 5 atom stereocenters. The molecular weight excluding hydrogens is 316 g/mol. The number of carbonyl (C=O) groups excluding carboxylic acids is 2. The first-order valence-electron chi connectivity index (χ1n) is 9.88. The summed E-state index contributed by atoms with van der Waals surface area (Å²) in [7, 11) is 0. The number of fused-ring (bicyclic) bond motifs is 3. The van der Waals surface area contributed by atoms with Gasteiger partial charge in [-0.15, -0.1) is 0 Å². The zero-order chi connectivity index (χ0) is 18.5. The number of hydrogen-bond acceptors (Lipinski definition) is 4. The van der Waals surface area contributed by atoms with Crippen molar-refractivity contribution in [2.24, 2.45) is 27.6 Å². The molecule has 0 aromatic heterocycles. The van der Waals surface area contributed by atoms with E-state index in [-0.39, 0.29) is 23.5 Å². The first-order valence-corrected chi connectivity index (χ1v) is 9.88. The molecule has 1 saturated heterocycles. The minimum Gasteiger partial charge on any atom is -0.459 e. The highest BCUT2D eigenvalue weighted by molar-refractivity contribution is 5.93. The van der Waals surface area contributed by atoms with E-state index < -0.39 is 16.4 Å². The Bertz CT molecular complexity index is 650. The summed E-state index contributed by atoms with van der Waals surface area (Å²) in [5.41, 5.74) is -1.73. The molecule has 4 nitrogen and oxygen atoms in total. The molecule has 0 amide bonds. The average Bonchev–Trinajstić information content (AvgIpc) is 3.20. The van der Waals surface area contributed by atoms with E-state index in [1.54, 1.807) is 0 Å². The molecule has 1 heterocycles. The van der Waals surface area contributed by atoms with Gasteiger partial charge in [-0.2, -0.15) is 0 Å². The largest absolute Gasteiger partial charge is 0.459 e. The molecule has 1 aliphatic heterocycles. The predicted molar refractivity (Wildman–Crippen MR) is 93.7 cm³/mol. The van der Waals surface area contributed by atoms with Crippen molar-refractivity contribution in [2.75, 3.05) is 0 Å². The van der Waals surface area contributed by atoms with Crippen molar-refractivity contribution in [3.05, 3.63) is 0 Å². The van der Waals surface area contributed by atoms with Crippen molar-refractivity contribution in [3.63, 3.8) is 0 Å². The number of hydrogen-bond donors (Lipinski definition) is 0. The predicted octanol–water partition coefficient (Wildman–Crippen LogP) is 4.26. The van der Waals surface area contributed by atoms with Gasteiger partial charge in [0.1, 0.15) is 6.10 Å². The topological polar surface area (TPSA) is 52.6 Å². The van der Waals surface area contributed by atoms with E-state index in [1.807, 2.05) is 27.7 Å². The lowest BCUT2D eigenvalue weighted by atomic mass is 9.66. The van der Waals surface area contributed by atoms with Crippen LogP contribution in [0.15, 0.2) is 0 Å². The van der Waals surface area contributed by atoms with Gasteiger partial charge in [-0.3, -0.25) is 4.79 Å². The van der Waals surface area contributed by atoms with Crippen LogP contribution < -0.4 is 0 Å². The van der Waals surface area contributed by atoms with Crippen molar-refractivity contribution in [1.82, 2.24) is 0 Å². The number of rotatable bonds is 3. The standard InChI is InChI=1S/C21H32O4/c1-13(20-9-7-8-17(2,3)14(20)12-20)24-16(23)21-11-10-19(6,15(22)25-21)18(21,4)5/h13-14H,7-12H2,1-6H3/t13-,14+,19-,20+,21+/m0/s1. The molecule has 140 valence electrons. The van der Waals surface area contributed by atoms with Gasteiger partial charge in [-0.1, -0.05) is 34.1 Å². The van der Waals surface area contributed by atoms with Crippen LogP contribution in [0.1, 0.15) is 80.1 Å². The van der Waals surface area contributed by atoms with Crippen molar-refractivity contribution >= 4 is 11.9 Å². The fourth-order valence-corrected chi connectivity index (χ4v) is 6.43. The van der Waals surface area contributed by atoms with Gasteiger partial charge < -0.3 is 9.47 Å². The second-order valence-electron chi connectivity index (χ2n) is 10.6. The first-order chi connectivity index (χ1) is 11.4. The van der Waals surface area contributed by atoms with Crippen LogP contribution in [0.5, 0.6) is 0 Å². The van der Waals surface area contributed by atoms with Crippen molar-refractivity contribution in [3.8, 4) is 0 Å². The van der Waals surface area contributed by atoms with Crippen LogP contribution in [0.25, 0.3) is 0 Å². The summed E-state index contributed by atoms with van der Waals surface area (Å²) < 4.78 is 11.7. The number of carbonyl (C=O) groups is 2. The van der Waals surface area contributed by atoms with Crippen LogP contribution >= 0.6 is 0 Å². The average molecular weight is 348 g/mol. The number of esters is 2. The monoisotopic (exact) mass is 348 g/mol. The summed E-state index contributed by atoms with van der Waals surface area (Å²) in [6, 6.07) is 0. The Balaban J connectivity index is 1.55. The Kier molecular flexibility index (Phi) is 3.20. The molecule has 0 unspecified atom stereocenters. The van der Waals surface area contributed by atoms with E-state index in [0.717, 1.165) is 12.8 Å². The molecule has 0 radical (unpaired) electrons. The van der Waals surface area contributed by atoms with Gasteiger partial charge in [0, 0.05) is 10.8 Å². The Morgan fingerprint density at radius 3 is 2.36 bits per heavy atom. The molecule has 3 aliphatic carbocycles. The van der Waals surface area contributed by atoms with E-state index in [1.165, 1.54) is 12.8 Å². The third-order valence-corrected chi connectivity index (χ3v) is 9.03. The lowest BCUT2D eigenvalue weighted by Gasteiger charge is -2.39. The first kappa shape index (κ1) is 17.4. The van der Waals surface area contributed by atoms with Crippen LogP contribution in [-0.4, -0.2) is 23.6 Å². The molecular formula is C21H32O4. The Hall–Kier alpha value is -1.06. The fourth-order valence-electron chi connectivity index (χ4n) is 6.43. The van der Waals surface area contributed by atoms with E-state index in [2.05, 4.69) is 13.8 Å². The van der Waals surface area contributed by atoms with Crippen molar-refractivity contribution in [2.45, 2.75) is 91.8 Å². The smallest absolute Gasteiger partial charge is 0.351 e. The molecule has 3 saturated carbocycles. The zero-order valence-corrected chi connectivity index (χ0v) is 16.5. The van der Waals surface area contributed by atoms with Crippen LogP contribution in [0.3, 0.4) is 0 Å². The highest BCUT2D eigenvalue weighted by Gasteiger charge is 2.77. The summed E-state index contributed by atoms with van der Waals surface area (Å²) in [5, 5.41) is 0. The van der Waals surface area contributed by atoms with Gasteiger partial charge in [0.25, 0.3) is 0 Å². The summed E-state index contributed by atoms with van der Waals surface area (Å²) in [6.45, 7) is 12.6. The maximum Gasteiger partial charge on any atom is 0.351 e. The maximum absolute atomic E-state index is 13.2. The maximum atomic E-state index is 13.2. The second kappa shape index (κ2) is 4.61. The normalized spacial score (nSPS) is 47.0. The lowest BCUT2D eigenvalue weighted by molar-refractivity contribution is -0.190. The third kappa shape index (κ3) is 1.84. The lowest BCUT2D eigenvalue weighted by Crippen LogP contribution is -2.50. The minimum absolute atomic E-state index is 0.110. The molecule has 4 heteroatoms. The highest BCUT2D eigenvalue weighted by atomic mass is 16.6. The van der Waals surface area contributed by atoms with Crippen LogP contribution in [0.2, 0.25) is 0 Å². The van der Waals surface area contributed by atoms with Crippen LogP contribution in [-0.2, 0) is 19.1 Å². The zero-order valence-electron chi connectivity index (χ0n) is 16.5. The third-order valence-electron chi connectivity index (χ3n) is 9.03. The second-order valence-corrected chi connectivity index (χ2v) is 10.6. The van der Waals surface area contributed by atoms with E-state index >= 15 is 0 Å². The van der Waals surface area contributed by atoms with Gasteiger partial charge in [0.05, 0.1) is 5.41 Å². The highest BCUT2D eigenvalue weighted by Crippen LogP contribution is 2.71. The molecule has 0 aromatic carbocycles. The van der Waals surface area contributed by atoms with Crippen LogP contribution in [0.4, 0.5) is 0 Å². The SMILES string of the molecule is C[C@H](OC(=O)[C@@]12CC[C@@](C)(C(=O)O1)C2(C)C)[C@]12CCCC(C)(C)[C@H]1C2. The Labute approximate surface area is 151 Å². The summed E-state index contributed by atoms with van der Waals surface area (Å²) >= 11 is 0. The fraction of sp³-hybridized carbons (Fsp3) is 0.905. The molecule has 0 N–H and O–H groups in total. The van der Waals surface area contributed by atoms with Crippen LogP contribution in [0, 0.1) is 27.6 Å². The van der Waals surface area contributed by atoms with Gasteiger partial charge in [0.2, 0.25) is 5.60 Å². The molecule has 25 heavy (non-hydrogen) atoms. The van der Waals surface area contributed by atoms with E-state index in [9.17, 15) is 9.59 Å². The summed E-state index contributed by atoms with van der Waals surface area (Å²) in [5.74, 6) is 0.0830. The van der Waals surface area contributed by atoms with Gasteiger partial charge in [-0.05, 0) is 57.3 Å². The number of ether oxygens (including phenoxy) is 2. The molecule has 0 aromatic rings. The Morgan fingerprint density at radius 1 is 1.12 bits per heavy atom. The molecule has 4 aliphatic rings. The van der Waals surface area contributed by atoms with Gasteiger partial charge >= 0.3 is 11.9 Å². The van der Waals surface area contributed by atoms with Gasteiger partial charge in [0.15, 0.2) is 0 Å². The van der Waals surface area contributed by atoms with Gasteiger partial charge in [-0.25, -0.2) is 4.79 Å². The minimum atomic E-state index is -1.10. The van der Waals surface area contributed by atoms with E-state index in [4.69, 9.17) is 9.47 Å². The summed E-state index contributed by atoms with van der Waals surface area (Å²) in [4.78, 5) is 25.6. The Morgan fingerprint density at radius 2 is 1.80 bits per heavy atom. The quantitative estimate of drug-likeness (QED) is 0.715. The van der Waals surface area contributed by atoms with Crippen molar-refractivity contribution in [1.29, 1.82) is 0 Å². The molecule has 2 bridgehead atoms.